The van der Waals surface area contributed by atoms with Gasteiger partial charge in [-0.3, -0.25) is 4.79 Å². The van der Waals surface area contributed by atoms with Gasteiger partial charge in [0.25, 0.3) is 0 Å². The van der Waals surface area contributed by atoms with E-state index in [1.165, 1.54) is 18.2 Å². The molecule has 1 amide bonds. The predicted octanol–water partition coefficient (Wildman–Crippen LogP) is 3.55. The average molecular weight is 365 g/mol. The highest BCUT2D eigenvalue weighted by Gasteiger charge is 2.37. The summed E-state index contributed by atoms with van der Waals surface area (Å²) < 4.78 is 54.0. The number of nitrogens with zero attached hydrogens (tertiary/aromatic N) is 2. The third kappa shape index (κ3) is 3.84. The minimum Gasteiger partial charge on any atom is -0.354 e. The molecular weight excluding hydrogens is 350 g/mol. The van der Waals surface area contributed by atoms with Gasteiger partial charge in [0.05, 0.1) is 11.0 Å². The number of amides is 1. The van der Waals surface area contributed by atoms with Gasteiger partial charge in [-0.25, -0.2) is 9.37 Å². The standard InChI is InChI=1S/C18H15F4N3O/c19-13-6-2-1-5-12(13)9-10-23-16(26)11-25-15-8-4-3-7-14(15)24-17(25)18(20,21)22/h1-8H,9-11H2,(H,23,26). The third-order valence-corrected chi connectivity index (χ3v) is 3.88. The van der Waals surface area contributed by atoms with Crippen LogP contribution < -0.4 is 5.32 Å². The number of carbonyl (C=O) groups excluding carboxylic acids is 1. The molecule has 3 aromatic rings. The van der Waals surface area contributed by atoms with Crippen LogP contribution in [0.4, 0.5) is 17.6 Å². The van der Waals surface area contributed by atoms with Crippen molar-refractivity contribution in [2.45, 2.75) is 19.1 Å². The Labute approximate surface area is 146 Å². The summed E-state index contributed by atoms with van der Waals surface area (Å²) in [4.78, 5) is 15.7. The normalized spacial score (nSPS) is 11.7. The van der Waals surface area contributed by atoms with Crippen molar-refractivity contribution in [1.82, 2.24) is 14.9 Å². The number of nitrogens with one attached hydrogen (secondary N) is 1. The lowest BCUT2D eigenvalue weighted by Crippen LogP contribution is -2.31. The Bertz CT molecular complexity index is 934. The molecule has 0 saturated heterocycles. The van der Waals surface area contributed by atoms with Gasteiger partial charge in [0, 0.05) is 6.54 Å². The van der Waals surface area contributed by atoms with Crippen molar-refractivity contribution in [2.24, 2.45) is 0 Å². The van der Waals surface area contributed by atoms with Crippen LogP contribution in [-0.4, -0.2) is 22.0 Å². The summed E-state index contributed by atoms with van der Waals surface area (Å²) in [6.07, 6.45) is -4.43. The van der Waals surface area contributed by atoms with E-state index in [0.717, 1.165) is 4.57 Å². The van der Waals surface area contributed by atoms with Crippen molar-refractivity contribution in [2.75, 3.05) is 6.54 Å². The molecule has 26 heavy (non-hydrogen) atoms. The van der Waals surface area contributed by atoms with Gasteiger partial charge in [-0.1, -0.05) is 30.3 Å². The molecule has 8 heteroatoms. The minimum absolute atomic E-state index is 0.119. The molecule has 0 radical (unpaired) electrons. The number of carbonyl (C=O) groups is 1. The van der Waals surface area contributed by atoms with E-state index in [9.17, 15) is 22.4 Å². The molecule has 0 aliphatic heterocycles. The van der Waals surface area contributed by atoms with Gasteiger partial charge in [0.1, 0.15) is 12.4 Å². The van der Waals surface area contributed by atoms with Crippen LogP contribution in [0.1, 0.15) is 11.4 Å². The van der Waals surface area contributed by atoms with Crippen molar-refractivity contribution < 1.29 is 22.4 Å². The van der Waals surface area contributed by atoms with Crippen molar-refractivity contribution in [3.63, 3.8) is 0 Å². The second kappa shape index (κ2) is 7.15. The molecule has 1 heterocycles. The van der Waals surface area contributed by atoms with Gasteiger partial charge in [-0.15, -0.1) is 0 Å². The number of imidazole rings is 1. The SMILES string of the molecule is O=C(Cn1c(C(F)(F)F)nc2ccccc21)NCCc1ccccc1F. The largest absolute Gasteiger partial charge is 0.449 e. The molecular formula is C18H15F4N3O. The first-order valence-corrected chi connectivity index (χ1v) is 7.89. The zero-order valence-electron chi connectivity index (χ0n) is 13.6. The monoisotopic (exact) mass is 365 g/mol. The summed E-state index contributed by atoms with van der Waals surface area (Å²) >= 11 is 0. The number of hydrogen-bond donors (Lipinski definition) is 1. The highest BCUT2D eigenvalue weighted by atomic mass is 19.4. The highest BCUT2D eigenvalue weighted by molar-refractivity contribution is 5.81. The maximum Gasteiger partial charge on any atom is 0.449 e. The van der Waals surface area contributed by atoms with E-state index in [4.69, 9.17) is 0 Å². The molecule has 4 nitrogen and oxygen atoms in total. The van der Waals surface area contributed by atoms with Gasteiger partial charge < -0.3 is 9.88 Å². The predicted molar refractivity (Wildman–Crippen MR) is 87.8 cm³/mol. The quantitative estimate of drug-likeness (QED) is 0.703. The van der Waals surface area contributed by atoms with Crippen molar-refractivity contribution in [3.8, 4) is 0 Å². The number of fused-ring (bicyclic) bond motifs is 1. The molecule has 1 N–H and O–H groups in total. The Morgan fingerprint density at radius 1 is 1.08 bits per heavy atom. The van der Waals surface area contributed by atoms with Crippen molar-refractivity contribution in [1.29, 1.82) is 0 Å². The molecule has 0 aliphatic rings. The second-order valence-corrected chi connectivity index (χ2v) is 5.70. The summed E-state index contributed by atoms with van der Waals surface area (Å²) in [5.74, 6) is -2.11. The fraction of sp³-hybridized carbons (Fsp3) is 0.222. The number of aromatic nitrogens is 2. The Balaban J connectivity index is 1.72. The number of para-hydroxylation sites is 2. The maximum atomic E-state index is 13.5. The van der Waals surface area contributed by atoms with Crippen LogP contribution in [0.3, 0.4) is 0 Å². The Hall–Kier alpha value is -2.90. The Morgan fingerprint density at radius 2 is 1.77 bits per heavy atom. The molecule has 0 fully saturated rings. The number of hydrogen-bond acceptors (Lipinski definition) is 2. The van der Waals surface area contributed by atoms with Crippen LogP contribution in [0.25, 0.3) is 11.0 Å². The second-order valence-electron chi connectivity index (χ2n) is 5.70. The van der Waals surface area contributed by atoms with E-state index < -0.39 is 24.5 Å². The molecule has 3 rings (SSSR count). The van der Waals surface area contributed by atoms with E-state index in [1.807, 2.05) is 0 Å². The summed E-state index contributed by atoms with van der Waals surface area (Å²) in [5.41, 5.74) is 0.819. The topological polar surface area (TPSA) is 46.9 Å². The van der Waals surface area contributed by atoms with Crippen molar-refractivity contribution >= 4 is 16.9 Å². The fourth-order valence-corrected chi connectivity index (χ4v) is 2.69. The van der Waals surface area contributed by atoms with Crippen molar-refractivity contribution in [3.05, 3.63) is 65.7 Å². The zero-order valence-corrected chi connectivity index (χ0v) is 13.6. The molecule has 0 aliphatic carbocycles. The van der Waals surface area contributed by atoms with Gasteiger partial charge in [-0.2, -0.15) is 13.2 Å². The molecule has 0 saturated carbocycles. The lowest BCUT2D eigenvalue weighted by Gasteiger charge is -2.12. The van der Waals surface area contributed by atoms with Crippen LogP contribution >= 0.6 is 0 Å². The lowest BCUT2D eigenvalue weighted by atomic mass is 10.1. The van der Waals surface area contributed by atoms with Crippen LogP contribution in [0.2, 0.25) is 0 Å². The molecule has 136 valence electrons. The van der Waals surface area contributed by atoms with E-state index in [2.05, 4.69) is 10.3 Å². The number of halogens is 4. The van der Waals surface area contributed by atoms with Crippen LogP contribution in [0, 0.1) is 5.82 Å². The smallest absolute Gasteiger partial charge is 0.354 e. The summed E-state index contributed by atoms with van der Waals surface area (Å²) in [7, 11) is 0. The van der Waals surface area contributed by atoms with Crippen LogP contribution in [0.5, 0.6) is 0 Å². The average Bonchev–Trinajstić information content (AvgIpc) is 2.96. The van der Waals surface area contributed by atoms with Crippen LogP contribution in [-0.2, 0) is 23.9 Å². The third-order valence-electron chi connectivity index (χ3n) is 3.88. The Kier molecular flexibility index (Phi) is 4.92. The van der Waals surface area contributed by atoms with Gasteiger partial charge >= 0.3 is 6.18 Å². The summed E-state index contributed by atoms with van der Waals surface area (Å²) in [5, 5.41) is 2.52. The number of rotatable bonds is 5. The fourth-order valence-electron chi connectivity index (χ4n) is 2.69. The van der Waals surface area contributed by atoms with E-state index in [0.29, 0.717) is 5.56 Å². The molecule has 0 spiro atoms. The molecule has 1 aromatic heterocycles. The van der Waals surface area contributed by atoms with E-state index in [1.54, 1.807) is 30.3 Å². The highest BCUT2D eigenvalue weighted by Crippen LogP contribution is 2.31. The molecule has 0 bridgehead atoms. The molecule has 2 aromatic carbocycles. The Morgan fingerprint density at radius 3 is 2.50 bits per heavy atom. The van der Waals surface area contributed by atoms with E-state index in [-0.39, 0.29) is 29.8 Å². The first-order chi connectivity index (χ1) is 12.4. The van der Waals surface area contributed by atoms with E-state index >= 15 is 0 Å². The lowest BCUT2D eigenvalue weighted by molar-refractivity contribution is -0.147. The summed E-state index contributed by atoms with van der Waals surface area (Å²) in [6.45, 7) is -0.402. The van der Waals surface area contributed by atoms with Crippen LogP contribution in [0.15, 0.2) is 48.5 Å². The first-order valence-electron chi connectivity index (χ1n) is 7.89. The zero-order chi connectivity index (χ0) is 18.7. The maximum absolute atomic E-state index is 13.5. The molecule has 0 unspecified atom stereocenters. The van der Waals surface area contributed by atoms with Gasteiger partial charge in [0.2, 0.25) is 11.7 Å². The van der Waals surface area contributed by atoms with Gasteiger partial charge in [-0.05, 0) is 30.2 Å². The number of benzene rings is 2. The molecule has 0 atom stereocenters. The minimum atomic E-state index is -4.67. The van der Waals surface area contributed by atoms with Gasteiger partial charge in [0.15, 0.2) is 0 Å². The first kappa shape index (κ1) is 17.9. The number of alkyl halides is 3. The summed E-state index contributed by atoms with van der Waals surface area (Å²) in [6, 6.07) is 12.2.